The normalized spacial score (nSPS) is 24.7. The van der Waals surface area contributed by atoms with E-state index in [2.05, 4.69) is 12.8 Å². The van der Waals surface area contributed by atoms with Gasteiger partial charge in [0, 0.05) is 84.9 Å². The summed E-state index contributed by atoms with van der Waals surface area (Å²) in [7, 11) is 0. The van der Waals surface area contributed by atoms with Crippen LogP contribution in [0.4, 0.5) is 0 Å². The molecule has 1 radical (unpaired) electrons. The summed E-state index contributed by atoms with van der Waals surface area (Å²) in [6.07, 6.45) is 13.7. The van der Waals surface area contributed by atoms with Crippen molar-refractivity contribution in [3.05, 3.63) is 20.3 Å². The van der Waals surface area contributed by atoms with Gasteiger partial charge in [-0.15, -0.1) is 0 Å². The topological polar surface area (TPSA) is 37.3 Å². The summed E-state index contributed by atoms with van der Waals surface area (Å²) in [5.74, 6) is 1.95. The van der Waals surface area contributed by atoms with Gasteiger partial charge in [0.15, 0.2) is 0 Å². The van der Waals surface area contributed by atoms with E-state index in [1.807, 2.05) is 0 Å². The van der Waals surface area contributed by atoms with Gasteiger partial charge in [0.1, 0.15) is 0 Å². The zero-order valence-electron chi connectivity index (χ0n) is 10.4. The zero-order valence-corrected chi connectivity index (χ0v) is 20.3. The maximum absolute atomic E-state index is 8.24. The molecule has 0 unspecified atom stereocenters. The van der Waals surface area contributed by atoms with E-state index < -0.39 is 0 Å². The second-order valence-corrected chi connectivity index (χ2v) is 3.76. The molecule has 1 N–H and O–H groups in total. The van der Waals surface area contributed by atoms with Crippen LogP contribution < -0.4 is 0 Å². The van der Waals surface area contributed by atoms with E-state index in [4.69, 9.17) is 9.90 Å². The quantitative estimate of drug-likeness (QED) is 0.394. The molecule has 97 valence electrons. The van der Waals surface area contributed by atoms with E-state index in [9.17, 15) is 0 Å². The van der Waals surface area contributed by atoms with Crippen LogP contribution in [-0.2, 0) is 58.6 Å². The second-order valence-electron chi connectivity index (χ2n) is 3.76. The summed E-state index contributed by atoms with van der Waals surface area (Å²) < 4.78 is 0. The minimum absolute atomic E-state index is 0. The van der Waals surface area contributed by atoms with Crippen molar-refractivity contribution in [1.29, 1.82) is 0 Å². The van der Waals surface area contributed by atoms with Gasteiger partial charge in [0.2, 0.25) is 0 Å². The molecule has 2 aliphatic rings. The van der Waals surface area contributed by atoms with Crippen LogP contribution in [0.25, 0.3) is 0 Å². The van der Waals surface area contributed by atoms with E-state index in [0.29, 0.717) is 6.47 Å². The first-order valence-corrected chi connectivity index (χ1v) is 5.06. The van der Waals surface area contributed by atoms with Crippen LogP contribution in [0.3, 0.4) is 0 Å². The molecule has 2 aliphatic carbocycles. The monoisotopic (exact) mass is 707 g/mol. The fourth-order valence-corrected chi connectivity index (χ4v) is 2.39. The Morgan fingerprint density at radius 3 is 1.76 bits per heavy atom. The molecule has 0 heterocycles. The molecule has 17 heavy (non-hydrogen) atoms. The van der Waals surface area contributed by atoms with Crippen LogP contribution in [-0.4, -0.2) is 11.6 Å². The third-order valence-electron chi connectivity index (χ3n) is 2.98. The molecule has 0 saturated heterocycles. The van der Waals surface area contributed by atoms with Crippen molar-refractivity contribution < 1.29 is 94.8 Å². The van der Waals surface area contributed by atoms with Crippen LogP contribution >= 0.6 is 0 Å². The Labute approximate surface area is 169 Å². The van der Waals surface area contributed by atoms with Crippen molar-refractivity contribution in [1.82, 2.24) is 0 Å². The average Bonchev–Trinajstić information content (AvgIpc) is 2.19. The molecule has 2 saturated carbocycles. The Bertz CT molecular complexity index is 135. The molecule has 0 aromatic carbocycles. The van der Waals surface area contributed by atoms with Gasteiger partial charge in [-0.2, -0.15) is 12.8 Å². The van der Waals surface area contributed by atoms with Crippen molar-refractivity contribution >= 4 is 6.47 Å². The number of hydrogen-bond acceptors (Lipinski definition) is 1. The average molecular weight is 707 g/mol. The van der Waals surface area contributed by atoms with Gasteiger partial charge in [-0.25, -0.2) is 0 Å². The second kappa shape index (κ2) is 18.3. The van der Waals surface area contributed by atoms with Crippen LogP contribution in [0.15, 0.2) is 0 Å². The summed E-state index contributed by atoms with van der Waals surface area (Å²) >= 11 is 0. The van der Waals surface area contributed by atoms with Gasteiger partial charge in [-0.05, 0) is 0 Å². The summed E-state index contributed by atoms with van der Waals surface area (Å²) in [6, 6.07) is 0. The van der Waals surface area contributed by atoms with Crippen molar-refractivity contribution in [3.8, 4) is 0 Å². The van der Waals surface area contributed by atoms with Crippen LogP contribution in [0.1, 0.15) is 38.5 Å². The molecule has 2 nitrogen and oxygen atoms in total. The zero-order chi connectivity index (χ0) is 9.52. The standard InChI is InChI=1S/C10H16.CHO2.CH3.U.W.Y/c1-2-6-10-8-4-3-7-9(10)5-1;2-1-3;;;;/h5,7,9-10H,1-4,6,8H2;(H,2,3);1H3;;;/q-2;2*-1;;;. The summed E-state index contributed by atoms with van der Waals surface area (Å²) in [5, 5.41) is 6.76. The Hall–Kier alpha value is 2.31. The van der Waals surface area contributed by atoms with Gasteiger partial charge in [0.25, 0.3) is 0 Å². The Morgan fingerprint density at radius 1 is 1.12 bits per heavy atom. The van der Waals surface area contributed by atoms with Gasteiger partial charge in [-0.3, -0.25) is 5.92 Å². The molecular weight excluding hydrogens is 687 g/mol. The minimum atomic E-state index is 0. The van der Waals surface area contributed by atoms with E-state index in [1.54, 1.807) is 0 Å². The Morgan fingerprint density at radius 2 is 1.47 bits per heavy atom. The SMILES string of the molecule is O=[C-]O.[CH-]1CCCC2CCC[CH-]C12.[CH3-].[U].[W].[Y]. The van der Waals surface area contributed by atoms with Gasteiger partial charge < -0.3 is 30.2 Å². The van der Waals surface area contributed by atoms with Crippen molar-refractivity contribution in [3.63, 3.8) is 0 Å². The third-order valence-corrected chi connectivity index (χ3v) is 2.98. The summed E-state index contributed by atoms with van der Waals surface area (Å²) in [5.41, 5.74) is 0. The molecule has 0 aromatic heterocycles. The molecule has 0 aromatic rings. The molecule has 0 spiro atoms. The maximum Gasteiger partial charge on any atom is 0 e. The van der Waals surface area contributed by atoms with Gasteiger partial charge in [0.05, 0.1) is 0 Å². The van der Waals surface area contributed by atoms with Gasteiger partial charge in [-0.1, -0.05) is 38.1 Å². The van der Waals surface area contributed by atoms with E-state index >= 15 is 0 Å². The van der Waals surface area contributed by atoms with E-state index in [1.165, 1.54) is 38.5 Å². The third kappa shape index (κ3) is 11.8. The minimum Gasteiger partial charge on any atom is -0.665 e. The number of fused-ring (bicyclic) bond motifs is 1. The number of hydrogen-bond donors (Lipinski definition) is 1. The molecule has 2 rings (SSSR count). The predicted molar refractivity (Wildman–Crippen MR) is 58.0 cm³/mol. The van der Waals surface area contributed by atoms with Crippen molar-refractivity contribution in [2.45, 2.75) is 38.5 Å². The van der Waals surface area contributed by atoms with Crippen molar-refractivity contribution in [2.75, 3.05) is 0 Å². The predicted octanol–water partition coefficient (Wildman–Crippen LogP) is 3.05. The van der Waals surface area contributed by atoms with Crippen LogP contribution in [0.2, 0.25) is 0 Å². The fourth-order valence-electron chi connectivity index (χ4n) is 2.39. The molecule has 0 bridgehead atoms. The fraction of sp³-hybridized carbons (Fsp3) is 0.667. The Kier molecular flexibility index (Phi) is 29.8. The first kappa shape index (κ1) is 27.6. The van der Waals surface area contributed by atoms with E-state index in [-0.39, 0.29) is 92.3 Å². The number of aliphatic hydroxyl groups excluding tert-OH is 1. The van der Waals surface area contributed by atoms with Crippen LogP contribution in [0, 0.1) is 63.2 Å². The molecule has 5 heteroatoms. The molecule has 0 aliphatic heterocycles. The number of rotatable bonds is 0. The molecule has 2 fully saturated rings. The molecule has 0 amide bonds. The maximum atomic E-state index is 8.24. The Balaban J connectivity index is -0.000000111. The first-order chi connectivity index (χ1) is 6.38. The molecule has 0 atom stereocenters. The van der Waals surface area contributed by atoms with Gasteiger partial charge >= 0.3 is 0 Å². The van der Waals surface area contributed by atoms with E-state index in [0.717, 1.165) is 11.8 Å². The van der Waals surface area contributed by atoms with Crippen LogP contribution in [0.5, 0.6) is 0 Å². The largest absolute Gasteiger partial charge is 0.665 e. The summed E-state index contributed by atoms with van der Waals surface area (Å²) in [6.45, 7) is 0.500. The first-order valence-electron chi connectivity index (χ1n) is 5.06. The van der Waals surface area contributed by atoms with Crippen molar-refractivity contribution in [2.24, 2.45) is 11.8 Å². The summed E-state index contributed by atoms with van der Waals surface area (Å²) in [4.78, 5) is 8.24. The smallest absolute Gasteiger partial charge is 0 e. The molecular formula is C12H20O2UWY-4.